The highest BCUT2D eigenvalue weighted by molar-refractivity contribution is 7.85. The molecule has 0 aromatic heterocycles. The van der Waals surface area contributed by atoms with E-state index in [1.54, 1.807) is 24.3 Å². The van der Waals surface area contributed by atoms with Crippen molar-refractivity contribution in [2.75, 3.05) is 10.2 Å². The average Bonchev–Trinajstić information content (AvgIpc) is 2.65. The minimum atomic E-state index is -4.40. The second-order valence-corrected chi connectivity index (χ2v) is 7.94. The summed E-state index contributed by atoms with van der Waals surface area (Å²) in [6, 6.07) is 12.9. The Morgan fingerprint density at radius 3 is 2.24 bits per heavy atom. The molecule has 0 atom stereocenters. The van der Waals surface area contributed by atoms with Crippen LogP contribution in [0.25, 0.3) is 10.8 Å². The summed E-state index contributed by atoms with van der Waals surface area (Å²) in [7, 11) is -4.40. The zero-order chi connectivity index (χ0) is 20.9. The molecule has 0 unspecified atom stereocenters. The Labute approximate surface area is 165 Å². The summed E-state index contributed by atoms with van der Waals surface area (Å²) in [5.74, 6) is -1.46. The third-order valence-electron chi connectivity index (χ3n) is 4.56. The molecule has 1 aliphatic heterocycles. The van der Waals surface area contributed by atoms with Gasteiger partial charge in [0.05, 0.1) is 16.1 Å². The van der Waals surface area contributed by atoms with E-state index >= 15 is 0 Å². The van der Waals surface area contributed by atoms with Gasteiger partial charge in [0.2, 0.25) is 5.91 Å². The van der Waals surface area contributed by atoms with E-state index in [0.29, 0.717) is 22.0 Å². The molecule has 0 radical (unpaired) electrons. The normalized spacial score (nSPS) is 13.7. The topological polar surface area (TPSA) is 121 Å². The predicted molar refractivity (Wildman–Crippen MR) is 106 cm³/mol. The quantitative estimate of drug-likeness (QED) is 0.506. The van der Waals surface area contributed by atoms with E-state index in [1.807, 2.05) is 0 Å². The van der Waals surface area contributed by atoms with Crippen molar-refractivity contribution in [2.45, 2.75) is 11.8 Å². The molecule has 9 heteroatoms. The lowest BCUT2D eigenvalue weighted by Gasteiger charge is -2.27. The Morgan fingerprint density at radius 2 is 1.62 bits per heavy atom. The lowest BCUT2D eigenvalue weighted by Crippen LogP contribution is -2.40. The van der Waals surface area contributed by atoms with Crippen molar-refractivity contribution in [3.8, 4) is 0 Å². The smallest absolute Gasteiger partial charge is 0.294 e. The van der Waals surface area contributed by atoms with Crippen LogP contribution in [0.2, 0.25) is 0 Å². The molecule has 0 saturated carbocycles. The van der Waals surface area contributed by atoms with Crippen molar-refractivity contribution in [3.05, 3.63) is 65.7 Å². The van der Waals surface area contributed by atoms with Crippen LogP contribution in [0.4, 0.5) is 11.4 Å². The van der Waals surface area contributed by atoms with Gasteiger partial charge in [-0.2, -0.15) is 8.42 Å². The van der Waals surface area contributed by atoms with Gasteiger partial charge in [-0.1, -0.05) is 12.1 Å². The second-order valence-electron chi connectivity index (χ2n) is 6.52. The lowest BCUT2D eigenvalue weighted by molar-refractivity contribution is -0.114. The highest BCUT2D eigenvalue weighted by Crippen LogP contribution is 2.35. The molecule has 29 heavy (non-hydrogen) atoms. The summed E-state index contributed by atoms with van der Waals surface area (Å²) >= 11 is 0. The van der Waals surface area contributed by atoms with Crippen LogP contribution < -0.4 is 10.2 Å². The number of carbonyl (C=O) groups excluding carboxylic acids is 3. The van der Waals surface area contributed by atoms with E-state index < -0.39 is 21.9 Å². The third kappa shape index (κ3) is 3.16. The van der Waals surface area contributed by atoms with Crippen LogP contribution in [-0.4, -0.2) is 30.7 Å². The van der Waals surface area contributed by atoms with Crippen LogP contribution in [0.3, 0.4) is 0 Å². The minimum Gasteiger partial charge on any atom is -0.326 e. The molecule has 1 heterocycles. The molecule has 146 valence electrons. The first-order valence-electron chi connectivity index (χ1n) is 8.47. The summed E-state index contributed by atoms with van der Waals surface area (Å²) < 4.78 is 31.6. The summed E-state index contributed by atoms with van der Waals surface area (Å²) in [6.45, 7) is 1.35. The molecule has 0 aliphatic carbocycles. The molecule has 3 amide bonds. The first-order chi connectivity index (χ1) is 13.7. The van der Waals surface area contributed by atoms with Gasteiger partial charge in [-0.05, 0) is 47.9 Å². The number of nitrogens with one attached hydrogen (secondary N) is 1. The molecule has 8 nitrogen and oxygen atoms in total. The van der Waals surface area contributed by atoms with Gasteiger partial charge < -0.3 is 5.32 Å². The molecule has 3 aromatic rings. The van der Waals surface area contributed by atoms with Crippen LogP contribution >= 0.6 is 0 Å². The van der Waals surface area contributed by atoms with Gasteiger partial charge in [0.25, 0.3) is 21.9 Å². The molecular weight excluding hydrogens is 396 g/mol. The van der Waals surface area contributed by atoms with Crippen molar-refractivity contribution < 1.29 is 27.4 Å². The zero-order valence-electron chi connectivity index (χ0n) is 15.0. The maximum absolute atomic E-state index is 13.2. The van der Waals surface area contributed by atoms with Crippen molar-refractivity contribution >= 4 is 50.0 Å². The van der Waals surface area contributed by atoms with Crippen molar-refractivity contribution in [1.82, 2.24) is 0 Å². The number of amides is 3. The molecule has 1 aliphatic rings. The number of hydrogen-bond donors (Lipinski definition) is 2. The van der Waals surface area contributed by atoms with E-state index in [9.17, 15) is 22.8 Å². The highest BCUT2D eigenvalue weighted by atomic mass is 32.2. The van der Waals surface area contributed by atoms with Crippen LogP contribution in [-0.2, 0) is 14.9 Å². The fraction of sp³-hybridized carbons (Fsp3) is 0.0500. The number of anilines is 2. The van der Waals surface area contributed by atoms with E-state index in [2.05, 4.69) is 5.32 Å². The second kappa shape index (κ2) is 6.50. The summed E-state index contributed by atoms with van der Waals surface area (Å²) in [5, 5.41) is 3.76. The number of rotatable bonds is 3. The van der Waals surface area contributed by atoms with Gasteiger partial charge in [-0.15, -0.1) is 0 Å². The third-order valence-corrected chi connectivity index (χ3v) is 5.42. The first-order valence-corrected chi connectivity index (χ1v) is 9.91. The lowest BCUT2D eigenvalue weighted by atomic mass is 9.93. The zero-order valence-corrected chi connectivity index (χ0v) is 15.9. The van der Waals surface area contributed by atoms with Crippen molar-refractivity contribution in [1.29, 1.82) is 0 Å². The van der Waals surface area contributed by atoms with E-state index in [4.69, 9.17) is 4.55 Å². The van der Waals surface area contributed by atoms with Crippen molar-refractivity contribution in [3.63, 3.8) is 0 Å². The molecule has 4 rings (SSSR count). The van der Waals surface area contributed by atoms with Crippen LogP contribution in [0, 0.1) is 0 Å². The molecular formula is C20H14N2O6S. The Kier molecular flexibility index (Phi) is 4.21. The van der Waals surface area contributed by atoms with Gasteiger partial charge in [0.15, 0.2) is 0 Å². The summed E-state index contributed by atoms with van der Waals surface area (Å²) in [6.07, 6.45) is 0. The van der Waals surface area contributed by atoms with Gasteiger partial charge >= 0.3 is 0 Å². The molecule has 3 aromatic carbocycles. The van der Waals surface area contributed by atoms with Crippen LogP contribution in [0.1, 0.15) is 27.6 Å². The fourth-order valence-electron chi connectivity index (χ4n) is 3.39. The predicted octanol–water partition coefficient (Wildman–Crippen LogP) is 2.85. The van der Waals surface area contributed by atoms with Gasteiger partial charge in [0.1, 0.15) is 0 Å². The monoisotopic (exact) mass is 410 g/mol. The van der Waals surface area contributed by atoms with E-state index in [0.717, 1.165) is 17.0 Å². The number of imide groups is 1. The van der Waals surface area contributed by atoms with Gasteiger partial charge in [-0.3, -0.25) is 18.9 Å². The minimum absolute atomic E-state index is 0.153. The molecule has 0 saturated heterocycles. The maximum Gasteiger partial charge on any atom is 0.294 e. The number of hydrogen-bond acceptors (Lipinski definition) is 5. The molecule has 0 bridgehead atoms. The number of carbonyl (C=O) groups is 3. The van der Waals surface area contributed by atoms with Gasteiger partial charge in [-0.25, -0.2) is 4.90 Å². The molecule has 0 fully saturated rings. The van der Waals surface area contributed by atoms with Gasteiger partial charge in [0, 0.05) is 23.6 Å². The highest BCUT2D eigenvalue weighted by Gasteiger charge is 2.34. The van der Waals surface area contributed by atoms with E-state index in [-0.39, 0.29) is 22.1 Å². The summed E-state index contributed by atoms with van der Waals surface area (Å²) in [5.41, 5.74) is 1.12. The first kappa shape index (κ1) is 18.8. The molecule has 0 spiro atoms. The number of nitrogens with zero attached hydrogens (tertiary/aromatic N) is 1. The molecule has 2 N–H and O–H groups in total. The van der Waals surface area contributed by atoms with E-state index in [1.165, 1.54) is 25.1 Å². The standard InChI is InChI=1S/C20H14N2O6S/c1-11(23)21-13-9-12-3-2-4-16-18(12)17(10-13)20(25)22(19(16)24)14-5-7-15(8-6-14)29(26,27)28/h2-10H,1H3,(H,21,23)(H,26,27,28). The van der Waals surface area contributed by atoms with Crippen molar-refractivity contribution in [2.24, 2.45) is 0 Å². The van der Waals surface area contributed by atoms with Crippen LogP contribution in [0.5, 0.6) is 0 Å². The SMILES string of the molecule is CC(=O)Nc1cc2c3c(cccc3c1)C(=O)N(c1ccc(S(=O)(=O)O)cc1)C2=O. The Balaban J connectivity index is 1.88. The van der Waals surface area contributed by atoms with Crippen LogP contribution in [0.15, 0.2) is 59.5 Å². The summed E-state index contributed by atoms with van der Waals surface area (Å²) in [4.78, 5) is 38.2. The Bertz CT molecular complexity index is 1310. The maximum atomic E-state index is 13.2. The largest absolute Gasteiger partial charge is 0.326 e. The number of benzene rings is 3. The fourth-order valence-corrected chi connectivity index (χ4v) is 3.87. The Hall–Kier alpha value is -3.56. The Morgan fingerprint density at radius 1 is 0.966 bits per heavy atom. The average molecular weight is 410 g/mol.